The predicted molar refractivity (Wildman–Crippen MR) is 129 cm³/mol. The van der Waals surface area contributed by atoms with E-state index >= 15 is 0 Å². The molecule has 0 saturated carbocycles. The molecule has 0 aliphatic heterocycles. The molecule has 5 rings (SSSR count). The average molecular weight is 461 g/mol. The van der Waals surface area contributed by atoms with E-state index < -0.39 is 0 Å². The Morgan fingerprint density at radius 3 is 2.66 bits per heavy atom. The molecule has 4 heterocycles. The Morgan fingerprint density at radius 1 is 1.06 bits per heavy atom. The number of thioether (sulfide) groups is 1. The van der Waals surface area contributed by atoms with E-state index in [0.29, 0.717) is 17.0 Å². The molecule has 0 atom stereocenters. The molecule has 9 heteroatoms. The molecule has 1 aromatic carbocycles. The number of benzene rings is 1. The maximum Gasteiger partial charge on any atom is 0.260 e. The van der Waals surface area contributed by atoms with Crippen LogP contribution in [0, 0.1) is 0 Å². The van der Waals surface area contributed by atoms with Gasteiger partial charge in [0.25, 0.3) is 5.56 Å². The second-order valence-electron chi connectivity index (χ2n) is 7.19. The number of aromatic amines is 1. The lowest BCUT2D eigenvalue weighted by molar-refractivity contribution is 0.626. The third-order valence-electron chi connectivity index (χ3n) is 5.02. The van der Waals surface area contributed by atoms with Gasteiger partial charge in [-0.15, -0.1) is 21.5 Å². The topological polar surface area (TPSA) is 89.4 Å². The van der Waals surface area contributed by atoms with Gasteiger partial charge in [0.05, 0.1) is 11.1 Å². The highest BCUT2D eigenvalue weighted by molar-refractivity contribution is 7.98. The largest absolute Gasteiger partial charge is 0.309 e. The van der Waals surface area contributed by atoms with Crippen molar-refractivity contribution in [1.82, 2.24) is 29.7 Å². The summed E-state index contributed by atoms with van der Waals surface area (Å²) in [6, 6.07) is 13.8. The minimum atomic E-state index is -0.113. The SMILES string of the molecule is CCCn1c(SCc2nc3scc(-c4ccccc4)c3c(=O)[nH]2)nnc1-c1ccncc1. The van der Waals surface area contributed by atoms with Crippen molar-refractivity contribution in [2.24, 2.45) is 0 Å². The zero-order chi connectivity index (χ0) is 21.9. The summed E-state index contributed by atoms with van der Waals surface area (Å²) in [5, 5.41) is 12.2. The van der Waals surface area contributed by atoms with Crippen LogP contribution in [0.15, 0.2) is 70.2 Å². The van der Waals surface area contributed by atoms with Crippen LogP contribution in [-0.2, 0) is 12.3 Å². The van der Waals surface area contributed by atoms with Crippen molar-refractivity contribution in [1.29, 1.82) is 0 Å². The molecule has 160 valence electrons. The van der Waals surface area contributed by atoms with Crippen LogP contribution in [0.5, 0.6) is 0 Å². The van der Waals surface area contributed by atoms with Gasteiger partial charge >= 0.3 is 0 Å². The Kier molecular flexibility index (Phi) is 5.83. The second kappa shape index (κ2) is 9.05. The van der Waals surface area contributed by atoms with Crippen LogP contribution < -0.4 is 5.56 Å². The Morgan fingerprint density at radius 2 is 1.88 bits per heavy atom. The predicted octanol–water partition coefficient (Wildman–Crippen LogP) is 5.01. The molecule has 0 aliphatic rings. The lowest BCUT2D eigenvalue weighted by atomic mass is 10.1. The van der Waals surface area contributed by atoms with Gasteiger partial charge in [0.2, 0.25) is 0 Å². The minimum Gasteiger partial charge on any atom is -0.309 e. The van der Waals surface area contributed by atoms with Crippen molar-refractivity contribution in [2.75, 3.05) is 0 Å². The van der Waals surface area contributed by atoms with E-state index in [0.717, 1.165) is 45.5 Å². The van der Waals surface area contributed by atoms with E-state index in [1.165, 1.54) is 23.1 Å². The van der Waals surface area contributed by atoms with Crippen LogP contribution in [0.25, 0.3) is 32.7 Å². The first-order valence-electron chi connectivity index (χ1n) is 10.3. The van der Waals surface area contributed by atoms with Crippen LogP contribution >= 0.6 is 23.1 Å². The number of H-pyrrole nitrogens is 1. The average Bonchev–Trinajstić information content (AvgIpc) is 3.44. The summed E-state index contributed by atoms with van der Waals surface area (Å²) in [6.45, 7) is 2.93. The molecule has 0 fully saturated rings. The van der Waals surface area contributed by atoms with Gasteiger partial charge in [-0.25, -0.2) is 4.98 Å². The molecule has 5 aromatic rings. The zero-order valence-electron chi connectivity index (χ0n) is 17.4. The number of pyridine rings is 1. The molecule has 0 aliphatic carbocycles. The lowest BCUT2D eigenvalue weighted by Crippen LogP contribution is -2.11. The van der Waals surface area contributed by atoms with Crippen molar-refractivity contribution in [3.05, 3.63) is 76.4 Å². The lowest BCUT2D eigenvalue weighted by Gasteiger charge is -2.08. The van der Waals surface area contributed by atoms with Gasteiger partial charge in [0.15, 0.2) is 11.0 Å². The fourth-order valence-electron chi connectivity index (χ4n) is 3.56. The van der Waals surface area contributed by atoms with Crippen molar-refractivity contribution >= 4 is 33.3 Å². The second-order valence-corrected chi connectivity index (χ2v) is 8.99. The molecule has 0 unspecified atom stereocenters. The smallest absolute Gasteiger partial charge is 0.260 e. The number of aromatic nitrogens is 6. The van der Waals surface area contributed by atoms with Crippen LogP contribution in [0.3, 0.4) is 0 Å². The number of thiophene rings is 1. The van der Waals surface area contributed by atoms with Crippen molar-refractivity contribution < 1.29 is 0 Å². The molecule has 4 aromatic heterocycles. The Balaban J connectivity index is 1.43. The van der Waals surface area contributed by atoms with Crippen LogP contribution in [0.1, 0.15) is 19.2 Å². The van der Waals surface area contributed by atoms with Crippen LogP contribution in [-0.4, -0.2) is 29.7 Å². The molecule has 1 N–H and O–H groups in total. The number of nitrogens with one attached hydrogen (secondary N) is 1. The van der Waals surface area contributed by atoms with Gasteiger partial charge in [-0.1, -0.05) is 49.0 Å². The fourth-order valence-corrected chi connectivity index (χ4v) is 5.36. The first-order chi connectivity index (χ1) is 15.7. The van der Waals surface area contributed by atoms with E-state index in [1.807, 2.05) is 47.8 Å². The maximum absolute atomic E-state index is 12.9. The number of fused-ring (bicyclic) bond motifs is 1. The quantitative estimate of drug-likeness (QED) is 0.344. The Bertz CT molecular complexity index is 1410. The Hall–Kier alpha value is -3.30. The molecule has 0 bridgehead atoms. The summed E-state index contributed by atoms with van der Waals surface area (Å²) in [5.74, 6) is 1.95. The van der Waals surface area contributed by atoms with E-state index in [4.69, 9.17) is 4.98 Å². The molecule has 32 heavy (non-hydrogen) atoms. The highest BCUT2D eigenvalue weighted by Crippen LogP contribution is 2.31. The number of nitrogens with zero attached hydrogens (tertiary/aromatic N) is 5. The van der Waals surface area contributed by atoms with Crippen molar-refractivity contribution in [2.45, 2.75) is 30.8 Å². The van der Waals surface area contributed by atoms with Gasteiger partial charge in [-0.3, -0.25) is 9.78 Å². The van der Waals surface area contributed by atoms with Crippen molar-refractivity contribution in [3.8, 4) is 22.5 Å². The summed E-state index contributed by atoms with van der Waals surface area (Å²) in [5.41, 5.74) is 2.80. The van der Waals surface area contributed by atoms with Crippen molar-refractivity contribution in [3.63, 3.8) is 0 Å². The number of hydrogen-bond acceptors (Lipinski definition) is 7. The summed E-state index contributed by atoms with van der Waals surface area (Å²) in [6.07, 6.45) is 4.46. The third-order valence-corrected chi connectivity index (χ3v) is 6.87. The van der Waals surface area contributed by atoms with E-state index in [-0.39, 0.29) is 5.56 Å². The molecule has 0 radical (unpaired) electrons. The highest BCUT2D eigenvalue weighted by Gasteiger charge is 2.16. The van der Waals surface area contributed by atoms with Gasteiger partial charge in [0.1, 0.15) is 10.7 Å². The molecular formula is C23H20N6OS2. The monoisotopic (exact) mass is 460 g/mol. The molecule has 0 amide bonds. The van der Waals surface area contributed by atoms with Crippen LogP contribution in [0.4, 0.5) is 0 Å². The standard InChI is InChI=1S/C23H20N6OS2/c1-2-12-29-20(16-8-10-24-11-9-16)27-28-23(29)32-14-18-25-21(30)19-17(13-31-22(19)26-18)15-6-4-3-5-7-15/h3-11,13H,2,12,14H2,1H3,(H,25,26,30). The van der Waals surface area contributed by atoms with E-state index in [2.05, 4.69) is 31.7 Å². The number of hydrogen-bond donors (Lipinski definition) is 1. The Labute approximate surface area is 192 Å². The zero-order valence-corrected chi connectivity index (χ0v) is 19.0. The third kappa shape index (κ3) is 3.96. The maximum atomic E-state index is 12.9. The van der Waals surface area contributed by atoms with Gasteiger partial charge in [0, 0.05) is 35.4 Å². The summed E-state index contributed by atoms with van der Waals surface area (Å²) in [4.78, 5) is 25.4. The van der Waals surface area contributed by atoms with E-state index in [1.54, 1.807) is 12.4 Å². The minimum absolute atomic E-state index is 0.113. The normalized spacial score (nSPS) is 11.3. The molecule has 0 spiro atoms. The van der Waals surface area contributed by atoms with Gasteiger partial charge in [-0.2, -0.15) is 0 Å². The van der Waals surface area contributed by atoms with Crippen LogP contribution in [0.2, 0.25) is 0 Å². The molecule has 7 nitrogen and oxygen atoms in total. The summed E-state index contributed by atoms with van der Waals surface area (Å²) < 4.78 is 2.11. The molecular weight excluding hydrogens is 440 g/mol. The molecule has 0 saturated heterocycles. The fraction of sp³-hybridized carbons (Fsp3) is 0.174. The van der Waals surface area contributed by atoms with Gasteiger partial charge < -0.3 is 9.55 Å². The highest BCUT2D eigenvalue weighted by atomic mass is 32.2. The summed E-state index contributed by atoms with van der Waals surface area (Å²) in [7, 11) is 0. The number of rotatable bonds is 7. The van der Waals surface area contributed by atoms with Gasteiger partial charge in [-0.05, 0) is 24.1 Å². The summed E-state index contributed by atoms with van der Waals surface area (Å²) >= 11 is 3.01. The van der Waals surface area contributed by atoms with E-state index in [9.17, 15) is 4.79 Å². The first kappa shape index (κ1) is 20.6. The first-order valence-corrected chi connectivity index (χ1v) is 12.1.